The third kappa shape index (κ3) is 2.19. The molecule has 0 radical (unpaired) electrons. The highest BCUT2D eigenvalue weighted by atomic mass is 16.4. The highest BCUT2D eigenvalue weighted by molar-refractivity contribution is 5.86. The summed E-state index contributed by atoms with van der Waals surface area (Å²) in [5.41, 5.74) is 2.57. The van der Waals surface area contributed by atoms with Crippen LogP contribution in [0.3, 0.4) is 0 Å². The number of nitrogens with zero attached hydrogens (tertiary/aromatic N) is 2. The molecule has 0 saturated heterocycles. The largest absolute Gasteiger partial charge is 0.476 e. The molecule has 0 saturated carbocycles. The zero-order valence-corrected chi connectivity index (χ0v) is 10.6. The number of rotatable bonds is 2. The van der Waals surface area contributed by atoms with Crippen LogP contribution in [-0.4, -0.2) is 27.4 Å². The molecule has 0 fully saturated rings. The number of aromatic nitrogens is 2. The van der Waals surface area contributed by atoms with Crippen molar-refractivity contribution in [3.8, 4) is 0 Å². The molecule has 2 heterocycles. The van der Waals surface area contributed by atoms with Crippen molar-refractivity contribution in [3.05, 3.63) is 47.2 Å². The van der Waals surface area contributed by atoms with E-state index in [-0.39, 0.29) is 5.69 Å². The van der Waals surface area contributed by atoms with Gasteiger partial charge in [-0.25, -0.2) is 9.48 Å². The second kappa shape index (κ2) is 4.42. The van der Waals surface area contributed by atoms with E-state index < -0.39 is 5.97 Å². The van der Waals surface area contributed by atoms with E-state index in [4.69, 9.17) is 5.11 Å². The topological polar surface area (TPSA) is 67.2 Å². The number of benzene rings is 1. The van der Waals surface area contributed by atoms with E-state index >= 15 is 0 Å². The van der Waals surface area contributed by atoms with Crippen molar-refractivity contribution in [3.63, 3.8) is 0 Å². The molecule has 1 aliphatic rings. The average molecular weight is 257 g/mol. The normalized spacial score (nSPS) is 17.6. The molecular formula is C14H15N3O2. The van der Waals surface area contributed by atoms with Gasteiger partial charge in [0, 0.05) is 18.5 Å². The van der Waals surface area contributed by atoms with Gasteiger partial charge in [-0.3, -0.25) is 0 Å². The molecule has 1 aliphatic heterocycles. The van der Waals surface area contributed by atoms with E-state index in [1.165, 1.54) is 11.1 Å². The van der Waals surface area contributed by atoms with Gasteiger partial charge in [-0.2, -0.15) is 5.10 Å². The van der Waals surface area contributed by atoms with Crippen molar-refractivity contribution >= 4 is 11.8 Å². The van der Waals surface area contributed by atoms with Crippen molar-refractivity contribution in [2.24, 2.45) is 0 Å². The Hall–Kier alpha value is -2.30. The monoisotopic (exact) mass is 257 g/mol. The fourth-order valence-corrected chi connectivity index (χ4v) is 2.37. The Morgan fingerprint density at radius 1 is 1.42 bits per heavy atom. The van der Waals surface area contributed by atoms with Crippen LogP contribution in [0.5, 0.6) is 0 Å². The van der Waals surface area contributed by atoms with E-state index in [0.717, 1.165) is 12.4 Å². The predicted octanol–water partition coefficient (Wildman–Crippen LogP) is 2.10. The summed E-state index contributed by atoms with van der Waals surface area (Å²) in [6.07, 6.45) is 0. The summed E-state index contributed by atoms with van der Waals surface area (Å²) in [5, 5.41) is 16.3. The number of carboxylic acid groups (broad SMARTS) is 1. The van der Waals surface area contributed by atoms with Gasteiger partial charge in [-0.05, 0) is 12.5 Å². The Morgan fingerprint density at radius 2 is 2.16 bits per heavy atom. The summed E-state index contributed by atoms with van der Waals surface area (Å²) in [5.74, 6) is 0.103. The Labute approximate surface area is 110 Å². The van der Waals surface area contributed by atoms with Crippen molar-refractivity contribution in [1.29, 1.82) is 0 Å². The molecule has 5 heteroatoms. The standard InChI is InChI=1S/C14H15N3O2/c1-9-2-4-10(5-3-9)11-7-15-13-6-12(14(18)19)16-17(13)8-11/h2-6,11,15H,7-8H2,1H3,(H,18,19). The lowest BCUT2D eigenvalue weighted by Gasteiger charge is -2.25. The SMILES string of the molecule is Cc1ccc(C2CNc3cc(C(=O)O)nn3C2)cc1. The van der Waals surface area contributed by atoms with Crippen LogP contribution in [0, 0.1) is 6.92 Å². The summed E-state index contributed by atoms with van der Waals surface area (Å²) in [7, 11) is 0. The summed E-state index contributed by atoms with van der Waals surface area (Å²) < 4.78 is 1.73. The molecule has 0 aliphatic carbocycles. The quantitative estimate of drug-likeness (QED) is 0.864. The number of hydrogen-bond donors (Lipinski definition) is 2. The molecule has 1 aromatic carbocycles. The fraction of sp³-hybridized carbons (Fsp3) is 0.286. The van der Waals surface area contributed by atoms with Gasteiger partial charge in [0.15, 0.2) is 5.69 Å². The predicted molar refractivity (Wildman–Crippen MR) is 71.6 cm³/mol. The molecule has 1 aromatic heterocycles. The zero-order valence-electron chi connectivity index (χ0n) is 10.6. The third-order valence-electron chi connectivity index (χ3n) is 3.47. The summed E-state index contributed by atoms with van der Waals surface area (Å²) in [6, 6.07) is 10.0. The number of aromatic carboxylic acids is 1. The second-order valence-corrected chi connectivity index (χ2v) is 4.89. The van der Waals surface area contributed by atoms with Crippen molar-refractivity contribution in [2.75, 3.05) is 11.9 Å². The highest BCUT2D eigenvalue weighted by Gasteiger charge is 2.22. The zero-order chi connectivity index (χ0) is 13.4. The lowest BCUT2D eigenvalue weighted by molar-refractivity contribution is 0.0689. The number of aryl methyl sites for hydroxylation is 1. The van der Waals surface area contributed by atoms with Crippen LogP contribution < -0.4 is 5.32 Å². The minimum Gasteiger partial charge on any atom is -0.476 e. The van der Waals surface area contributed by atoms with Gasteiger partial charge >= 0.3 is 5.97 Å². The molecule has 1 atom stereocenters. The molecule has 19 heavy (non-hydrogen) atoms. The number of carbonyl (C=O) groups is 1. The lowest BCUT2D eigenvalue weighted by Crippen LogP contribution is -2.26. The molecular weight excluding hydrogens is 242 g/mol. The fourth-order valence-electron chi connectivity index (χ4n) is 2.37. The van der Waals surface area contributed by atoms with Crippen LogP contribution in [0.1, 0.15) is 27.5 Å². The number of nitrogens with one attached hydrogen (secondary N) is 1. The lowest BCUT2D eigenvalue weighted by atomic mass is 9.97. The van der Waals surface area contributed by atoms with E-state index in [0.29, 0.717) is 12.5 Å². The number of fused-ring (bicyclic) bond motifs is 1. The van der Waals surface area contributed by atoms with Gasteiger partial charge in [0.05, 0.1) is 6.54 Å². The Morgan fingerprint density at radius 3 is 2.84 bits per heavy atom. The van der Waals surface area contributed by atoms with Gasteiger partial charge in [0.1, 0.15) is 5.82 Å². The summed E-state index contributed by atoms with van der Waals surface area (Å²) in [6.45, 7) is 3.57. The molecule has 1 unspecified atom stereocenters. The number of anilines is 1. The van der Waals surface area contributed by atoms with Crippen LogP contribution in [0.25, 0.3) is 0 Å². The molecule has 3 rings (SSSR count). The maximum atomic E-state index is 10.9. The van der Waals surface area contributed by atoms with Gasteiger partial charge in [0.2, 0.25) is 0 Å². The van der Waals surface area contributed by atoms with Crippen LogP contribution in [0.4, 0.5) is 5.82 Å². The smallest absolute Gasteiger partial charge is 0.356 e. The van der Waals surface area contributed by atoms with Crippen molar-refractivity contribution < 1.29 is 9.90 Å². The summed E-state index contributed by atoms with van der Waals surface area (Å²) in [4.78, 5) is 10.9. The maximum Gasteiger partial charge on any atom is 0.356 e. The molecule has 0 spiro atoms. The van der Waals surface area contributed by atoms with Gasteiger partial charge in [-0.1, -0.05) is 29.8 Å². The van der Waals surface area contributed by atoms with E-state index in [1.807, 2.05) is 0 Å². The van der Waals surface area contributed by atoms with Gasteiger partial charge in [-0.15, -0.1) is 0 Å². The molecule has 2 aromatic rings. The Bertz CT molecular complexity index is 616. The Kier molecular flexibility index (Phi) is 2.74. The molecule has 5 nitrogen and oxygen atoms in total. The number of carboxylic acids is 1. The first kappa shape index (κ1) is 11.8. The average Bonchev–Trinajstić information content (AvgIpc) is 2.82. The maximum absolute atomic E-state index is 10.9. The minimum absolute atomic E-state index is 0.0899. The third-order valence-corrected chi connectivity index (χ3v) is 3.47. The second-order valence-electron chi connectivity index (χ2n) is 4.89. The first-order valence-electron chi connectivity index (χ1n) is 6.25. The van der Waals surface area contributed by atoms with Crippen LogP contribution >= 0.6 is 0 Å². The van der Waals surface area contributed by atoms with E-state index in [2.05, 4.69) is 41.6 Å². The van der Waals surface area contributed by atoms with E-state index in [1.54, 1.807) is 10.7 Å². The Balaban J connectivity index is 1.85. The highest BCUT2D eigenvalue weighted by Crippen LogP contribution is 2.26. The molecule has 98 valence electrons. The van der Waals surface area contributed by atoms with Gasteiger partial charge in [0.25, 0.3) is 0 Å². The number of hydrogen-bond acceptors (Lipinski definition) is 3. The van der Waals surface area contributed by atoms with Crippen molar-refractivity contribution in [2.45, 2.75) is 19.4 Å². The minimum atomic E-state index is -0.990. The van der Waals surface area contributed by atoms with Crippen LogP contribution in [0.15, 0.2) is 30.3 Å². The van der Waals surface area contributed by atoms with E-state index in [9.17, 15) is 4.79 Å². The summed E-state index contributed by atoms with van der Waals surface area (Å²) >= 11 is 0. The molecule has 0 bridgehead atoms. The van der Waals surface area contributed by atoms with Crippen LogP contribution in [-0.2, 0) is 6.54 Å². The van der Waals surface area contributed by atoms with Crippen molar-refractivity contribution in [1.82, 2.24) is 9.78 Å². The first-order valence-corrected chi connectivity index (χ1v) is 6.25. The van der Waals surface area contributed by atoms with Gasteiger partial charge < -0.3 is 10.4 Å². The molecule has 2 N–H and O–H groups in total. The van der Waals surface area contributed by atoms with Crippen LogP contribution in [0.2, 0.25) is 0 Å². The first-order chi connectivity index (χ1) is 9.13. The molecule has 0 amide bonds.